The average molecular weight is 299 g/mol. The summed E-state index contributed by atoms with van der Waals surface area (Å²) in [7, 11) is 0. The second-order valence-corrected chi connectivity index (χ2v) is 4.42. The molecule has 2 aromatic rings. The van der Waals surface area contributed by atoms with Crippen molar-refractivity contribution < 1.29 is 30.1 Å². The molecule has 0 saturated carbocycles. The fourth-order valence-corrected chi connectivity index (χ4v) is 2.01. The summed E-state index contributed by atoms with van der Waals surface area (Å²) in [6, 6.07) is 0. The molecular weight excluding hydrogens is 286 g/mol. The Kier molecular flexibility index (Phi) is 3.57. The van der Waals surface area contributed by atoms with Gasteiger partial charge in [-0.1, -0.05) is 0 Å². The first-order chi connectivity index (χ1) is 10.1. The van der Waals surface area contributed by atoms with E-state index in [1.165, 1.54) is 17.4 Å². The molecule has 0 amide bonds. The minimum absolute atomic E-state index is 0.116. The zero-order valence-electron chi connectivity index (χ0n) is 10.6. The predicted molar refractivity (Wildman–Crippen MR) is 65.1 cm³/mol. The van der Waals surface area contributed by atoms with Gasteiger partial charge in [0.05, 0.1) is 0 Å². The molecule has 0 radical (unpaired) electrons. The summed E-state index contributed by atoms with van der Waals surface area (Å²) in [5, 5.41) is 37.2. The third-order valence-corrected chi connectivity index (χ3v) is 3.12. The van der Waals surface area contributed by atoms with Crippen LogP contribution in [0.4, 0.5) is 5.82 Å². The van der Waals surface area contributed by atoms with Crippen LogP contribution in [0, 0.1) is 0 Å². The van der Waals surface area contributed by atoms with Crippen LogP contribution < -0.4 is 10.3 Å². The molecule has 2 aromatic heterocycles. The molecule has 0 aliphatic carbocycles. The fourth-order valence-electron chi connectivity index (χ4n) is 2.01. The van der Waals surface area contributed by atoms with Gasteiger partial charge in [-0.2, -0.15) is 4.73 Å². The summed E-state index contributed by atoms with van der Waals surface area (Å²) in [4.78, 5) is 17.1. The second kappa shape index (κ2) is 5.38. The number of rotatable bonds is 4. The molecule has 3 rings (SSSR count). The van der Waals surface area contributed by atoms with Crippen molar-refractivity contribution in [2.75, 3.05) is 12.1 Å². The Morgan fingerprint density at radius 3 is 2.71 bits per heavy atom. The zero-order valence-corrected chi connectivity index (χ0v) is 10.6. The van der Waals surface area contributed by atoms with E-state index in [4.69, 9.17) is 14.8 Å². The molecule has 11 heteroatoms. The lowest BCUT2D eigenvalue weighted by atomic mass is 10.1. The van der Waals surface area contributed by atoms with Gasteiger partial charge in [0.25, 0.3) is 0 Å². The van der Waals surface area contributed by atoms with Gasteiger partial charge in [-0.15, -0.1) is 0 Å². The highest BCUT2D eigenvalue weighted by Crippen LogP contribution is 2.20. The minimum Gasteiger partial charge on any atom is -0.408 e. The second-order valence-electron chi connectivity index (χ2n) is 4.42. The molecule has 1 aliphatic rings. The van der Waals surface area contributed by atoms with Gasteiger partial charge in [0.1, 0.15) is 37.6 Å². The van der Waals surface area contributed by atoms with Crippen molar-refractivity contribution in [1.29, 1.82) is 0 Å². The first-order valence-electron chi connectivity index (χ1n) is 6.03. The molecule has 5 N–H and O–H groups in total. The molecule has 1 saturated heterocycles. The van der Waals surface area contributed by atoms with Crippen LogP contribution in [0.1, 0.15) is 0 Å². The van der Waals surface area contributed by atoms with Crippen LogP contribution in [0.15, 0.2) is 12.7 Å². The summed E-state index contributed by atoms with van der Waals surface area (Å²) in [5.74, 6) is 0.116. The van der Waals surface area contributed by atoms with Crippen LogP contribution in [0.25, 0.3) is 11.2 Å². The molecule has 0 spiro atoms. The summed E-state index contributed by atoms with van der Waals surface area (Å²) in [6.45, 7) is -0.146. The Morgan fingerprint density at radius 2 is 2.05 bits per heavy atom. The van der Waals surface area contributed by atoms with Gasteiger partial charge in [-0.3, -0.25) is 10.7 Å². The maximum Gasteiger partial charge on any atom is 0.201 e. The quantitative estimate of drug-likeness (QED) is 0.382. The molecule has 114 valence electrons. The Morgan fingerprint density at radius 1 is 1.24 bits per heavy atom. The van der Waals surface area contributed by atoms with E-state index in [1.807, 2.05) is 5.48 Å². The van der Waals surface area contributed by atoms with Crippen molar-refractivity contribution in [3.63, 3.8) is 0 Å². The minimum atomic E-state index is -1.46. The van der Waals surface area contributed by atoms with E-state index in [1.54, 1.807) is 0 Å². The molecule has 0 aromatic carbocycles. The molecule has 0 bridgehead atoms. The SMILES string of the molecule is ONc1ncnc2c1ncn2OCC1OC(O)C(O)C1O. The highest BCUT2D eigenvalue weighted by molar-refractivity contribution is 5.81. The van der Waals surface area contributed by atoms with Gasteiger partial charge in [0.15, 0.2) is 17.6 Å². The van der Waals surface area contributed by atoms with Crippen LogP contribution in [0.5, 0.6) is 0 Å². The Labute approximate surface area is 117 Å². The maximum absolute atomic E-state index is 9.64. The van der Waals surface area contributed by atoms with E-state index in [2.05, 4.69) is 15.0 Å². The van der Waals surface area contributed by atoms with Gasteiger partial charge in [-0.05, 0) is 0 Å². The molecule has 21 heavy (non-hydrogen) atoms. The number of ether oxygens (including phenoxy) is 1. The monoisotopic (exact) mass is 299 g/mol. The number of aliphatic hydroxyl groups excluding tert-OH is 3. The normalized spacial score (nSPS) is 29.0. The van der Waals surface area contributed by atoms with Crippen LogP contribution in [-0.4, -0.2) is 71.4 Å². The van der Waals surface area contributed by atoms with E-state index in [0.29, 0.717) is 0 Å². The molecule has 1 aliphatic heterocycles. The van der Waals surface area contributed by atoms with E-state index in [-0.39, 0.29) is 23.6 Å². The molecule has 4 unspecified atom stereocenters. The first kappa shape index (κ1) is 13.9. The van der Waals surface area contributed by atoms with Crippen LogP contribution >= 0.6 is 0 Å². The van der Waals surface area contributed by atoms with Gasteiger partial charge in [-0.25, -0.2) is 15.0 Å². The number of anilines is 1. The number of aromatic nitrogens is 4. The number of hydrogen-bond acceptors (Lipinski definition) is 10. The Bertz CT molecular complexity index is 635. The average Bonchev–Trinajstić information content (AvgIpc) is 3.02. The highest BCUT2D eigenvalue weighted by Gasteiger charge is 2.42. The predicted octanol–water partition coefficient (Wildman–Crippen LogP) is -2.50. The number of fused-ring (bicyclic) bond motifs is 1. The first-order valence-corrected chi connectivity index (χ1v) is 6.03. The lowest BCUT2D eigenvalue weighted by molar-refractivity contribution is -0.137. The van der Waals surface area contributed by atoms with Crippen LogP contribution in [-0.2, 0) is 4.74 Å². The van der Waals surface area contributed by atoms with Gasteiger partial charge >= 0.3 is 0 Å². The highest BCUT2D eigenvalue weighted by atomic mass is 16.7. The third-order valence-electron chi connectivity index (χ3n) is 3.12. The third kappa shape index (κ3) is 2.36. The summed E-state index contributed by atoms with van der Waals surface area (Å²) in [5.41, 5.74) is 2.46. The van der Waals surface area contributed by atoms with Crippen molar-refractivity contribution in [3.8, 4) is 0 Å². The topological polar surface area (TPSA) is 155 Å². The number of nitrogens with zero attached hydrogens (tertiary/aromatic N) is 4. The van der Waals surface area contributed by atoms with Crippen molar-refractivity contribution in [3.05, 3.63) is 12.7 Å². The number of aliphatic hydroxyl groups is 3. The number of imidazole rings is 1. The number of nitrogens with one attached hydrogen (secondary N) is 1. The molecule has 1 fully saturated rings. The van der Waals surface area contributed by atoms with E-state index >= 15 is 0 Å². The van der Waals surface area contributed by atoms with Crippen molar-refractivity contribution in [1.82, 2.24) is 19.7 Å². The largest absolute Gasteiger partial charge is 0.408 e. The summed E-state index contributed by atoms with van der Waals surface area (Å²) >= 11 is 0. The van der Waals surface area contributed by atoms with Crippen molar-refractivity contribution in [2.24, 2.45) is 0 Å². The van der Waals surface area contributed by atoms with E-state index in [9.17, 15) is 15.3 Å². The lowest BCUT2D eigenvalue weighted by Gasteiger charge is -2.15. The molecule has 3 heterocycles. The molecule has 4 atom stereocenters. The lowest BCUT2D eigenvalue weighted by Crippen LogP contribution is -2.36. The smallest absolute Gasteiger partial charge is 0.201 e. The van der Waals surface area contributed by atoms with Crippen LogP contribution in [0.3, 0.4) is 0 Å². The van der Waals surface area contributed by atoms with E-state index < -0.39 is 24.6 Å². The molecular formula is C10H13N5O6. The van der Waals surface area contributed by atoms with Gasteiger partial charge in [0.2, 0.25) is 5.65 Å². The van der Waals surface area contributed by atoms with Crippen LogP contribution in [0.2, 0.25) is 0 Å². The summed E-state index contributed by atoms with van der Waals surface area (Å²) < 4.78 is 6.15. The standard InChI is InChI=1S/C10H13N5O6/c16-6-4(21-10(18)7(6)17)1-20-15-3-13-5-8(14-19)11-2-12-9(5)15/h2-4,6-7,10,16-19H,1H2,(H,11,12,14). The maximum atomic E-state index is 9.64. The fraction of sp³-hybridized carbons (Fsp3) is 0.500. The van der Waals surface area contributed by atoms with E-state index in [0.717, 1.165) is 0 Å². The van der Waals surface area contributed by atoms with Crippen molar-refractivity contribution in [2.45, 2.75) is 24.6 Å². The van der Waals surface area contributed by atoms with Gasteiger partial charge in [0, 0.05) is 0 Å². The zero-order chi connectivity index (χ0) is 15.0. The summed E-state index contributed by atoms with van der Waals surface area (Å²) in [6.07, 6.45) is -2.50. The Hall–Kier alpha value is -2.05. The van der Waals surface area contributed by atoms with Gasteiger partial charge < -0.3 is 24.9 Å². The number of hydrogen-bond donors (Lipinski definition) is 5. The Balaban J connectivity index is 1.74. The molecule has 11 nitrogen and oxygen atoms in total. The van der Waals surface area contributed by atoms with Crippen molar-refractivity contribution >= 4 is 17.0 Å².